The smallest absolute Gasteiger partial charge is 0.242 e. The Morgan fingerprint density at radius 1 is 1.02 bits per heavy atom. The van der Waals surface area contributed by atoms with Gasteiger partial charge in [-0.1, -0.05) is 48.5 Å². The third-order valence-corrected chi connectivity index (χ3v) is 9.08. The van der Waals surface area contributed by atoms with Crippen molar-refractivity contribution in [3.63, 3.8) is 0 Å². The number of thioether (sulfide) groups is 1. The summed E-state index contributed by atoms with van der Waals surface area (Å²) in [6.07, 6.45) is 0. The van der Waals surface area contributed by atoms with Crippen LogP contribution in [0.1, 0.15) is 27.5 Å². The van der Waals surface area contributed by atoms with Crippen LogP contribution in [0.3, 0.4) is 0 Å². The van der Waals surface area contributed by atoms with E-state index in [2.05, 4.69) is 0 Å². The summed E-state index contributed by atoms with van der Waals surface area (Å²) in [6, 6.07) is 18.8. The van der Waals surface area contributed by atoms with Crippen LogP contribution in [-0.2, 0) is 14.3 Å². The number of nitrogens with zero attached hydrogens (tertiary/aromatic N) is 4. The third kappa shape index (κ3) is 5.20. The van der Waals surface area contributed by atoms with Crippen molar-refractivity contribution in [1.82, 2.24) is 14.7 Å². The number of aryl methyl sites for hydroxylation is 1. The summed E-state index contributed by atoms with van der Waals surface area (Å²) in [4.78, 5) is 30.7. The van der Waals surface area contributed by atoms with Crippen LogP contribution in [-0.4, -0.2) is 65.1 Å². The zero-order valence-electron chi connectivity index (χ0n) is 23.3. The van der Waals surface area contributed by atoms with Crippen LogP contribution >= 0.6 is 11.8 Å². The molecule has 2 aliphatic rings. The molecular formula is C32H30F2N4O3S. The van der Waals surface area contributed by atoms with Gasteiger partial charge in [0, 0.05) is 35.8 Å². The maximum absolute atomic E-state index is 15.4. The van der Waals surface area contributed by atoms with Crippen LogP contribution in [0.15, 0.2) is 66.7 Å². The normalized spacial score (nSPS) is 17.2. The van der Waals surface area contributed by atoms with E-state index in [0.29, 0.717) is 43.4 Å². The topological polar surface area (TPSA) is 67.7 Å². The average Bonchev–Trinajstić information content (AvgIpc) is 3.32. The molecule has 1 unspecified atom stereocenters. The molecule has 1 fully saturated rings. The second kappa shape index (κ2) is 11.7. The van der Waals surface area contributed by atoms with Gasteiger partial charge in [-0.3, -0.25) is 14.5 Å². The van der Waals surface area contributed by atoms with Gasteiger partial charge in [0.25, 0.3) is 0 Å². The minimum absolute atomic E-state index is 0.00637. The van der Waals surface area contributed by atoms with Gasteiger partial charge in [0.2, 0.25) is 11.8 Å². The predicted molar refractivity (Wildman–Crippen MR) is 159 cm³/mol. The number of halogens is 2. The van der Waals surface area contributed by atoms with Gasteiger partial charge in [-0.15, -0.1) is 11.8 Å². The molecule has 6 rings (SSSR count). The van der Waals surface area contributed by atoms with Crippen molar-refractivity contribution in [1.29, 1.82) is 0 Å². The standard InChI is InChI=1S/C32H30F2N4O3S/c1-20-7-6-10-26(21(20)2)38-32-29(30(35-38)22-8-4-3-5-9-22)31(24-12-11-23(33)17-25(24)34)42-19-28(40)37(32)18-27(39)36-13-15-41-16-14-36/h3-12,17,31H,13-16,18-19H2,1-2H3. The number of morpholine rings is 1. The Bertz CT molecular complexity index is 1650. The number of hydrogen-bond acceptors (Lipinski definition) is 5. The molecule has 3 heterocycles. The van der Waals surface area contributed by atoms with Gasteiger partial charge in [0.15, 0.2) is 0 Å². The number of rotatable bonds is 5. The van der Waals surface area contributed by atoms with Crippen LogP contribution < -0.4 is 4.90 Å². The monoisotopic (exact) mass is 588 g/mol. The van der Waals surface area contributed by atoms with E-state index in [4.69, 9.17) is 9.84 Å². The quantitative estimate of drug-likeness (QED) is 0.310. The highest BCUT2D eigenvalue weighted by Crippen LogP contribution is 2.49. The van der Waals surface area contributed by atoms with Crippen molar-refractivity contribution < 1.29 is 23.1 Å². The largest absolute Gasteiger partial charge is 0.378 e. The first-order valence-corrected chi connectivity index (χ1v) is 14.9. The van der Waals surface area contributed by atoms with Crippen molar-refractivity contribution in [2.45, 2.75) is 19.1 Å². The molecule has 3 aromatic carbocycles. The Hall–Kier alpha value is -4.02. The minimum atomic E-state index is -0.706. The summed E-state index contributed by atoms with van der Waals surface area (Å²) in [6.45, 7) is 5.53. The zero-order chi connectivity index (χ0) is 29.4. The first kappa shape index (κ1) is 28.1. The molecule has 0 N–H and O–H groups in total. The van der Waals surface area contributed by atoms with Crippen molar-refractivity contribution in [2.24, 2.45) is 0 Å². The van der Waals surface area contributed by atoms with E-state index < -0.39 is 16.9 Å². The van der Waals surface area contributed by atoms with Gasteiger partial charge in [-0.2, -0.15) is 5.10 Å². The number of hydrogen-bond donors (Lipinski definition) is 0. The molecule has 0 saturated carbocycles. The van der Waals surface area contributed by atoms with Crippen LogP contribution in [0.2, 0.25) is 0 Å². The van der Waals surface area contributed by atoms with E-state index in [1.165, 1.54) is 28.8 Å². The molecular weight excluding hydrogens is 558 g/mol. The average molecular weight is 589 g/mol. The summed E-state index contributed by atoms with van der Waals surface area (Å²) in [5.41, 5.74) is 4.91. The van der Waals surface area contributed by atoms with Crippen molar-refractivity contribution >= 4 is 29.4 Å². The molecule has 216 valence electrons. The lowest BCUT2D eigenvalue weighted by atomic mass is 9.99. The molecule has 0 bridgehead atoms. The lowest BCUT2D eigenvalue weighted by molar-refractivity contribution is -0.134. The van der Waals surface area contributed by atoms with Crippen molar-refractivity contribution in [2.75, 3.05) is 43.5 Å². The Labute approximate surface area is 247 Å². The summed E-state index contributed by atoms with van der Waals surface area (Å²) in [7, 11) is 0. The van der Waals surface area contributed by atoms with Crippen LogP contribution in [0.25, 0.3) is 16.9 Å². The van der Waals surface area contributed by atoms with Gasteiger partial charge in [0.05, 0.1) is 35.6 Å². The molecule has 1 saturated heterocycles. The predicted octanol–water partition coefficient (Wildman–Crippen LogP) is 5.46. The van der Waals surface area contributed by atoms with E-state index in [9.17, 15) is 14.0 Å². The van der Waals surface area contributed by atoms with Gasteiger partial charge in [-0.05, 0) is 37.1 Å². The van der Waals surface area contributed by atoms with Crippen molar-refractivity contribution in [3.05, 3.63) is 101 Å². The van der Waals surface area contributed by atoms with Gasteiger partial charge in [-0.25, -0.2) is 13.5 Å². The number of amides is 2. The maximum Gasteiger partial charge on any atom is 0.242 e. The molecule has 0 radical (unpaired) electrons. The molecule has 2 aliphatic heterocycles. The Morgan fingerprint density at radius 2 is 1.79 bits per heavy atom. The highest BCUT2D eigenvalue weighted by Gasteiger charge is 2.39. The number of ether oxygens (including phenoxy) is 1. The van der Waals surface area contributed by atoms with E-state index in [1.807, 2.05) is 62.4 Å². The molecule has 7 nitrogen and oxygen atoms in total. The fraction of sp³-hybridized carbons (Fsp3) is 0.281. The van der Waals surface area contributed by atoms with E-state index in [0.717, 1.165) is 28.4 Å². The second-order valence-electron chi connectivity index (χ2n) is 10.4. The molecule has 1 aromatic heterocycles. The molecule has 10 heteroatoms. The fourth-order valence-electron chi connectivity index (χ4n) is 5.47. The van der Waals surface area contributed by atoms with E-state index in [-0.39, 0.29) is 29.7 Å². The highest BCUT2D eigenvalue weighted by molar-refractivity contribution is 8.00. The summed E-state index contributed by atoms with van der Waals surface area (Å²) in [5.74, 6) is -1.48. The maximum atomic E-state index is 15.4. The first-order valence-electron chi connectivity index (χ1n) is 13.8. The van der Waals surface area contributed by atoms with Crippen LogP contribution in [0.5, 0.6) is 0 Å². The summed E-state index contributed by atoms with van der Waals surface area (Å²) >= 11 is 1.25. The number of aromatic nitrogens is 2. The molecule has 2 amide bonds. The Balaban J connectivity index is 1.63. The van der Waals surface area contributed by atoms with Crippen LogP contribution in [0, 0.1) is 25.5 Å². The van der Waals surface area contributed by atoms with Gasteiger partial charge < -0.3 is 9.64 Å². The Kier molecular flexibility index (Phi) is 7.83. The highest BCUT2D eigenvalue weighted by atomic mass is 32.2. The first-order chi connectivity index (χ1) is 20.3. The third-order valence-electron chi connectivity index (χ3n) is 7.84. The van der Waals surface area contributed by atoms with E-state index in [1.54, 1.807) is 9.58 Å². The van der Waals surface area contributed by atoms with E-state index >= 15 is 4.39 Å². The van der Waals surface area contributed by atoms with Crippen LogP contribution in [0.4, 0.5) is 14.6 Å². The lowest BCUT2D eigenvalue weighted by Crippen LogP contribution is -2.48. The lowest BCUT2D eigenvalue weighted by Gasteiger charge is -2.30. The number of benzene rings is 3. The molecule has 1 atom stereocenters. The number of carbonyl (C=O) groups is 2. The molecule has 4 aromatic rings. The molecule has 0 spiro atoms. The van der Waals surface area contributed by atoms with Crippen molar-refractivity contribution in [3.8, 4) is 16.9 Å². The SMILES string of the molecule is Cc1cccc(-n2nc(-c3ccccc3)c3c2N(CC(=O)N2CCOCC2)C(=O)CSC3c2ccc(F)cc2F)c1C. The summed E-state index contributed by atoms with van der Waals surface area (Å²) < 4.78 is 36.6. The molecule has 42 heavy (non-hydrogen) atoms. The fourth-order valence-corrected chi connectivity index (χ4v) is 6.69. The minimum Gasteiger partial charge on any atom is -0.378 e. The number of anilines is 1. The second-order valence-corrected chi connectivity index (χ2v) is 11.5. The summed E-state index contributed by atoms with van der Waals surface area (Å²) in [5, 5.41) is 4.38. The Morgan fingerprint density at radius 3 is 2.52 bits per heavy atom. The number of carbonyl (C=O) groups excluding carboxylic acids is 2. The molecule has 0 aliphatic carbocycles. The zero-order valence-corrected chi connectivity index (χ0v) is 24.2. The number of fused-ring (bicyclic) bond motifs is 1. The van der Waals surface area contributed by atoms with Gasteiger partial charge >= 0.3 is 0 Å². The van der Waals surface area contributed by atoms with Gasteiger partial charge in [0.1, 0.15) is 24.0 Å².